The molecule has 0 radical (unpaired) electrons. The van der Waals surface area contributed by atoms with Gasteiger partial charge in [-0.05, 0) is 69.2 Å². The van der Waals surface area contributed by atoms with Gasteiger partial charge in [-0.15, -0.1) is 10.2 Å². The SMILES string of the molecule is Cc1ccc(-c2nnn(CC(=O)N(CCCN3CCOCC3)C(C(=O)NC(C)(C)C)c3ccc(F)cc3)n2)o1. The largest absolute Gasteiger partial charge is 0.458 e. The molecule has 0 spiro atoms. The van der Waals surface area contributed by atoms with Crippen LogP contribution in [0.5, 0.6) is 0 Å². The Morgan fingerprint density at radius 1 is 1.13 bits per heavy atom. The zero-order valence-electron chi connectivity index (χ0n) is 22.9. The molecule has 1 unspecified atom stereocenters. The molecule has 1 aromatic carbocycles. The van der Waals surface area contributed by atoms with Crippen LogP contribution in [-0.4, -0.2) is 86.8 Å². The number of furan rings is 1. The van der Waals surface area contributed by atoms with Crippen LogP contribution in [-0.2, 0) is 20.9 Å². The van der Waals surface area contributed by atoms with E-state index in [9.17, 15) is 14.0 Å². The van der Waals surface area contributed by atoms with Gasteiger partial charge in [0.25, 0.3) is 0 Å². The number of rotatable bonds is 10. The van der Waals surface area contributed by atoms with E-state index in [1.807, 2.05) is 27.7 Å². The number of hydrogen-bond acceptors (Lipinski definition) is 8. The molecular weight excluding hydrogens is 505 g/mol. The number of nitrogens with one attached hydrogen (secondary N) is 1. The minimum atomic E-state index is -0.974. The summed E-state index contributed by atoms with van der Waals surface area (Å²) in [6, 6.07) is 8.21. The molecule has 3 heterocycles. The predicted octanol–water partition coefficient (Wildman–Crippen LogP) is 2.59. The number of morpholine rings is 1. The molecule has 210 valence electrons. The summed E-state index contributed by atoms with van der Waals surface area (Å²) in [5, 5.41) is 15.3. The highest BCUT2D eigenvalue weighted by Crippen LogP contribution is 2.24. The van der Waals surface area contributed by atoms with Gasteiger partial charge in [-0.1, -0.05) is 12.1 Å². The van der Waals surface area contributed by atoms with Gasteiger partial charge in [0.15, 0.2) is 5.76 Å². The van der Waals surface area contributed by atoms with E-state index in [2.05, 4.69) is 25.6 Å². The first-order chi connectivity index (χ1) is 18.6. The summed E-state index contributed by atoms with van der Waals surface area (Å²) in [5.41, 5.74) is -0.0299. The van der Waals surface area contributed by atoms with Crippen LogP contribution in [0, 0.1) is 12.7 Å². The molecule has 1 N–H and O–H groups in total. The Morgan fingerprint density at radius 2 is 1.85 bits per heavy atom. The van der Waals surface area contributed by atoms with Crippen LogP contribution in [0.15, 0.2) is 40.8 Å². The van der Waals surface area contributed by atoms with E-state index in [0.29, 0.717) is 43.3 Å². The summed E-state index contributed by atoms with van der Waals surface area (Å²) in [7, 11) is 0. The quantitative estimate of drug-likeness (QED) is 0.416. The Bertz CT molecular complexity index is 1250. The van der Waals surface area contributed by atoms with Crippen LogP contribution in [0.4, 0.5) is 4.39 Å². The van der Waals surface area contributed by atoms with Crippen molar-refractivity contribution in [2.75, 3.05) is 39.4 Å². The summed E-state index contributed by atoms with van der Waals surface area (Å²) in [4.78, 5) is 32.4. The van der Waals surface area contributed by atoms with Crippen molar-refractivity contribution in [2.45, 2.75) is 52.2 Å². The Balaban J connectivity index is 1.59. The third-order valence-corrected chi connectivity index (χ3v) is 6.23. The average Bonchev–Trinajstić information content (AvgIpc) is 3.53. The third kappa shape index (κ3) is 7.93. The number of carbonyl (C=O) groups excluding carboxylic acids is 2. The van der Waals surface area contributed by atoms with Crippen molar-refractivity contribution in [1.82, 2.24) is 35.3 Å². The van der Waals surface area contributed by atoms with E-state index >= 15 is 0 Å². The summed E-state index contributed by atoms with van der Waals surface area (Å²) in [6.45, 7) is 11.2. The lowest BCUT2D eigenvalue weighted by molar-refractivity contribution is -0.142. The van der Waals surface area contributed by atoms with E-state index in [1.54, 1.807) is 12.1 Å². The molecule has 1 aliphatic heterocycles. The molecule has 39 heavy (non-hydrogen) atoms. The van der Waals surface area contributed by atoms with Crippen LogP contribution in [0.2, 0.25) is 0 Å². The van der Waals surface area contributed by atoms with Gasteiger partial charge in [0.1, 0.15) is 24.2 Å². The molecule has 0 saturated carbocycles. The molecule has 4 rings (SSSR count). The van der Waals surface area contributed by atoms with Crippen molar-refractivity contribution in [3.05, 3.63) is 53.5 Å². The Hall–Kier alpha value is -3.64. The first-order valence-corrected chi connectivity index (χ1v) is 13.1. The second-order valence-electron chi connectivity index (χ2n) is 10.6. The number of amides is 2. The molecule has 0 bridgehead atoms. The predicted molar refractivity (Wildman–Crippen MR) is 141 cm³/mol. The minimum Gasteiger partial charge on any atom is -0.458 e. The van der Waals surface area contributed by atoms with Crippen molar-refractivity contribution >= 4 is 11.8 Å². The lowest BCUT2D eigenvalue weighted by Gasteiger charge is -2.34. The molecule has 3 aromatic rings. The first kappa shape index (κ1) is 28.4. The molecule has 12 heteroatoms. The van der Waals surface area contributed by atoms with Crippen molar-refractivity contribution in [3.63, 3.8) is 0 Å². The molecule has 0 aliphatic carbocycles. The highest BCUT2D eigenvalue weighted by atomic mass is 19.1. The number of benzene rings is 1. The standard InChI is InChI=1S/C27H36FN7O4/c1-19-6-11-22(39-19)25-30-32-35(31-25)18-23(36)34(13-5-12-33-14-16-38-17-15-33)24(26(37)29-27(2,3)4)20-7-9-21(28)10-8-20/h6-11,24H,5,12-18H2,1-4H3,(H,29,37). The van der Waals surface area contributed by atoms with Crippen LogP contribution in [0.25, 0.3) is 11.6 Å². The van der Waals surface area contributed by atoms with E-state index in [-0.39, 0.29) is 24.2 Å². The minimum absolute atomic E-state index is 0.231. The highest BCUT2D eigenvalue weighted by Gasteiger charge is 2.33. The number of carbonyl (C=O) groups is 2. The molecule has 1 saturated heterocycles. The number of ether oxygens (including phenoxy) is 1. The van der Waals surface area contributed by atoms with Gasteiger partial charge in [-0.25, -0.2) is 4.39 Å². The maximum absolute atomic E-state index is 13.8. The lowest BCUT2D eigenvalue weighted by atomic mass is 10.0. The maximum Gasteiger partial charge on any atom is 0.247 e. The molecule has 1 aliphatic rings. The van der Waals surface area contributed by atoms with Crippen LogP contribution >= 0.6 is 0 Å². The van der Waals surface area contributed by atoms with Crippen LogP contribution in [0.3, 0.4) is 0 Å². The number of halogens is 1. The monoisotopic (exact) mass is 541 g/mol. The van der Waals surface area contributed by atoms with E-state index in [1.165, 1.54) is 34.0 Å². The van der Waals surface area contributed by atoms with Crippen LogP contribution < -0.4 is 5.32 Å². The number of nitrogens with zero attached hydrogens (tertiary/aromatic N) is 6. The molecule has 2 aromatic heterocycles. The fraction of sp³-hybridized carbons (Fsp3) is 0.519. The van der Waals surface area contributed by atoms with Crippen LogP contribution in [0.1, 0.15) is 44.6 Å². The highest BCUT2D eigenvalue weighted by molar-refractivity contribution is 5.89. The molecule has 11 nitrogen and oxygen atoms in total. The normalized spacial score (nSPS) is 15.2. The molecule has 1 atom stereocenters. The Kier molecular flexibility index (Phi) is 9.08. The third-order valence-electron chi connectivity index (χ3n) is 6.23. The Labute approximate surface area is 227 Å². The van der Waals surface area contributed by atoms with Gasteiger partial charge in [0.05, 0.1) is 13.2 Å². The maximum atomic E-state index is 13.8. The van der Waals surface area contributed by atoms with Gasteiger partial charge < -0.3 is 19.4 Å². The second-order valence-corrected chi connectivity index (χ2v) is 10.6. The smallest absolute Gasteiger partial charge is 0.247 e. The van der Waals surface area contributed by atoms with Crippen molar-refractivity contribution in [3.8, 4) is 11.6 Å². The van der Waals surface area contributed by atoms with Gasteiger partial charge in [-0.3, -0.25) is 14.5 Å². The fourth-order valence-electron chi connectivity index (χ4n) is 4.42. The van der Waals surface area contributed by atoms with Crippen molar-refractivity contribution < 1.29 is 23.1 Å². The van der Waals surface area contributed by atoms with E-state index in [0.717, 1.165) is 19.6 Å². The number of aryl methyl sites for hydroxylation is 1. The zero-order valence-corrected chi connectivity index (χ0v) is 22.9. The number of tetrazole rings is 1. The average molecular weight is 542 g/mol. The van der Waals surface area contributed by atoms with Gasteiger partial charge in [0, 0.05) is 31.7 Å². The molecule has 1 fully saturated rings. The first-order valence-electron chi connectivity index (χ1n) is 13.1. The topological polar surface area (TPSA) is 119 Å². The summed E-state index contributed by atoms with van der Waals surface area (Å²) in [5.74, 6) is 0.266. The van der Waals surface area contributed by atoms with Crippen molar-refractivity contribution in [1.29, 1.82) is 0 Å². The second kappa shape index (κ2) is 12.5. The number of aromatic nitrogens is 4. The summed E-state index contributed by atoms with van der Waals surface area (Å²) < 4.78 is 24.8. The van der Waals surface area contributed by atoms with Gasteiger partial charge in [-0.2, -0.15) is 4.80 Å². The zero-order chi connectivity index (χ0) is 28.0. The molecular formula is C27H36FN7O4. The van der Waals surface area contributed by atoms with Gasteiger partial charge in [0.2, 0.25) is 17.6 Å². The number of hydrogen-bond donors (Lipinski definition) is 1. The Morgan fingerprint density at radius 3 is 2.49 bits per heavy atom. The molecule has 2 amide bonds. The van der Waals surface area contributed by atoms with E-state index < -0.39 is 17.4 Å². The summed E-state index contributed by atoms with van der Waals surface area (Å²) >= 11 is 0. The van der Waals surface area contributed by atoms with Gasteiger partial charge >= 0.3 is 0 Å². The summed E-state index contributed by atoms with van der Waals surface area (Å²) in [6.07, 6.45) is 0.633. The van der Waals surface area contributed by atoms with E-state index in [4.69, 9.17) is 9.15 Å². The van der Waals surface area contributed by atoms with Crippen molar-refractivity contribution in [2.24, 2.45) is 0 Å². The lowest BCUT2D eigenvalue weighted by Crippen LogP contribution is -2.50. The fourth-order valence-corrected chi connectivity index (χ4v) is 4.42.